The average molecular weight is 274 g/mol. The standard InChI is InChI=1S/C10H9F3N4O2/c1-18-6-4-3-5(8(14-6)19-2)7-15-9(17-16-7)10(11,12)13/h3-4H,1-2H3,(H,15,16,17). The lowest BCUT2D eigenvalue weighted by Crippen LogP contribution is -2.07. The van der Waals surface area contributed by atoms with Gasteiger partial charge in [-0.3, -0.25) is 5.10 Å². The van der Waals surface area contributed by atoms with Crippen LogP contribution in [0.25, 0.3) is 11.4 Å². The Morgan fingerprint density at radius 1 is 1.11 bits per heavy atom. The maximum atomic E-state index is 12.4. The molecular formula is C10H9F3N4O2. The summed E-state index contributed by atoms with van der Waals surface area (Å²) in [5.41, 5.74) is 0.232. The third-order valence-corrected chi connectivity index (χ3v) is 2.23. The van der Waals surface area contributed by atoms with Gasteiger partial charge < -0.3 is 9.47 Å². The van der Waals surface area contributed by atoms with Gasteiger partial charge in [-0.1, -0.05) is 0 Å². The second-order valence-corrected chi connectivity index (χ2v) is 3.42. The molecule has 19 heavy (non-hydrogen) atoms. The second-order valence-electron chi connectivity index (χ2n) is 3.42. The molecule has 0 spiro atoms. The molecule has 102 valence electrons. The molecule has 0 radical (unpaired) electrons. The summed E-state index contributed by atoms with van der Waals surface area (Å²) >= 11 is 0. The third kappa shape index (κ3) is 2.59. The summed E-state index contributed by atoms with van der Waals surface area (Å²) in [6, 6.07) is 2.94. The SMILES string of the molecule is COc1ccc(-c2n[nH]c(C(F)(F)F)n2)c(OC)n1. The normalized spacial score (nSPS) is 11.4. The van der Waals surface area contributed by atoms with Gasteiger partial charge in [0.25, 0.3) is 0 Å². The number of hydrogen-bond donors (Lipinski definition) is 1. The van der Waals surface area contributed by atoms with E-state index >= 15 is 0 Å². The summed E-state index contributed by atoms with van der Waals surface area (Å²) in [5.74, 6) is -0.987. The van der Waals surface area contributed by atoms with E-state index in [-0.39, 0.29) is 23.1 Å². The van der Waals surface area contributed by atoms with Crippen LogP contribution < -0.4 is 9.47 Å². The maximum absolute atomic E-state index is 12.4. The highest BCUT2D eigenvalue weighted by Crippen LogP contribution is 2.31. The van der Waals surface area contributed by atoms with Gasteiger partial charge in [-0.2, -0.15) is 23.3 Å². The molecule has 2 aromatic rings. The van der Waals surface area contributed by atoms with Gasteiger partial charge in [-0.25, -0.2) is 4.98 Å². The predicted molar refractivity (Wildman–Crippen MR) is 57.7 cm³/mol. The van der Waals surface area contributed by atoms with Crippen LogP contribution in [0.2, 0.25) is 0 Å². The fourth-order valence-corrected chi connectivity index (χ4v) is 1.37. The van der Waals surface area contributed by atoms with Crippen LogP contribution in [-0.2, 0) is 6.18 Å². The molecule has 2 rings (SSSR count). The Bertz CT molecular complexity index is 582. The Morgan fingerprint density at radius 3 is 2.37 bits per heavy atom. The lowest BCUT2D eigenvalue weighted by Gasteiger charge is -2.06. The Morgan fingerprint density at radius 2 is 1.84 bits per heavy atom. The van der Waals surface area contributed by atoms with E-state index in [9.17, 15) is 13.2 Å². The molecule has 2 aromatic heterocycles. The number of nitrogens with one attached hydrogen (secondary N) is 1. The molecule has 0 atom stereocenters. The maximum Gasteiger partial charge on any atom is 0.451 e. The minimum Gasteiger partial charge on any atom is -0.481 e. The van der Waals surface area contributed by atoms with E-state index in [1.54, 1.807) is 0 Å². The molecule has 0 bridgehead atoms. The fraction of sp³-hybridized carbons (Fsp3) is 0.300. The summed E-state index contributed by atoms with van der Waals surface area (Å²) in [6.07, 6.45) is -4.58. The van der Waals surface area contributed by atoms with Gasteiger partial charge in [-0.05, 0) is 6.07 Å². The van der Waals surface area contributed by atoms with Crippen molar-refractivity contribution in [2.45, 2.75) is 6.18 Å². The number of rotatable bonds is 3. The monoisotopic (exact) mass is 274 g/mol. The number of aromatic amines is 1. The number of halogens is 3. The Labute approximate surface area is 105 Å². The summed E-state index contributed by atoms with van der Waals surface area (Å²) in [7, 11) is 2.75. The quantitative estimate of drug-likeness (QED) is 0.925. The van der Waals surface area contributed by atoms with Gasteiger partial charge in [-0.15, -0.1) is 0 Å². The Kier molecular flexibility index (Phi) is 3.28. The molecule has 0 saturated carbocycles. The van der Waals surface area contributed by atoms with Crippen LogP contribution in [0.3, 0.4) is 0 Å². The Balaban J connectivity index is 2.44. The first-order chi connectivity index (χ1) is 8.95. The van der Waals surface area contributed by atoms with Crippen LogP contribution >= 0.6 is 0 Å². The lowest BCUT2D eigenvalue weighted by molar-refractivity contribution is -0.144. The van der Waals surface area contributed by atoms with E-state index < -0.39 is 12.0 Å². The number of aromatic nitrogens is 4. The first-order valence-electron chi connectivity index (χ1n) is 5.04. The van der Waals surface area contributed by atoms with Crippen molar-refractivity contribution in [3.05, 3.63) is 18.0 Å². The molecule has 0 saturated heterocycles. The molecule has 9 heteroatoms. The third-order valence-electron chi connectivity index (χ3n) is 2.23. The number of hydrogen-bond acceptors (Lipinski definition) is 5. The van der Waals surface area contributed by atoms with Crippen molar-refractivity contribution < 1.29 is 22.6 Å². The van der Waals surface area contributed by atoms with Gasteiger partial charge in [0.1, 0.15) is 0 Å². The average Bonchev–Trinajstić information content (AvgIpc) is 2.87. The van der Waals surface area contributed by atoms with E-state index in [1.807, 2.05) is 5.10 Å². The van der Waals surface area contributed by atoms with Gasteiger partial charge in [0.15, 0.2) is 5.82 Å². The van der Waals surface area contributed by atoms with E-state index in [0.717, 1.165) is 0 Å². The summed E-state index contributed by atoms with van der Waals surface area (Å²) < 4.78 is 47.1. The molecule has 2 heterocycles. The van der Waals surface area contributed by atoms with Crippen LogP contribution in [0, 0.1) is 0 Å². The van der Waals surface area contributed by atoms with Gasteiger partial charge >= 0.3 is 6.18 Å². The number of pyridine rings is 1. The summed E-state index contributed by atoms with van der Waals surface area (Å²) in [6.45, 7) is 0. The minimum atomic E-state index is -4.58. The minimum absolute atomic E-state index is 0.0760. The Hall–Kier alpha value is -2.32. The first-order valence-corrected chi connectivity index (χ1v) is 5.04. The summed E-state index contributed by atoms with van der Waals surface area (Å²) in [5, 5.41) is 5.32. The highest BCUT2D eigenvalue weighted by Gasteiger charge is 2.35. The molecule has 0 aromatic carbocycles. The van der Waals surface area contributed by atoms with Crippen molar-refractivity contribution in [1.82, 2.24) is 20.2 Å². The van der Waals surface area contributed by atoms with Crippen LogP contribution in [0.1, 0.15) is 5.82 Å². The number of H-pyrrole nitrogens is 1. The molecule has 0 aliphatic heterocycles. The van der Waals surface area contributed by atoms with Gasteiger partial charge in [0.05, 0.1) is 19.8 Å². The second kappa shape index (κ2) is 4.75. The molecule has 0 fully saturated rings. The highest BCUT2D eigenvalue weighted by molar-refractivity contribution is 5.62. The van der Waals surface area contributed by atoms with Crippen molar-refractivity contribution >= 4 is 0 Å². The summed E-state index contributed by atoms with van der Waals surface area (Å²) in [4.78, 5) is 7.30. The number of methoxy groups -OCH3 is 2. The van der Waals surface area contributed by atoms with Crippen LogP contribution in [0.4, 0.5) is 13.2 Å². The predicted octanol–water partition coefficient (Wildman–Crippen LogP) is 1.90. The molecule has 0 unspecified atom stereocenters. The molecule has 6 nitrogen and oxygen atoms in total. The van der Waals surface area contributed by atoms with E-state index in [4.69, 9.17) is 9.47 Å². The molecular weight excluding hydrogens is 265 g/mol. The van der Waals surface area contributed by atoms with Crippen molar-refractivity contribution in [2.75, 3.05) is 14.2 Å². The van der Waals surface area contributed by atoms with Crippen LogP contribution in [-0.4, -0.2) is 34.4 Å². The molecule has 0 aliphatic rings. The molecule has 0 amide bonds. The van der Waals surface area contributed by atoms with Gasteiger partial charge in [0, 0.05) is 6.07 Å². The van der Waals surface area contributed by atoms with Crippen LogP contribution in [0.15, 0.2) is 12.1 Å². The smallest absolute Gasteiger partial charge is 0.451 e. The van der Waals surface area contributed by atoms with E-state index in [1.165, 1.54) is 26.4 Å². The number of nitrogens with zero attached hydrogens (tertiary/aromatic N) is 3. The number of alkyl halides is 3. The zero-order valence-corrected chi connectivity index (χ0v) is 9.95. The van der Waals surface area contributed by atoms with E-state index in [2.05, 4.69) is 15.1 Å². The first kappa shape index (κ1) is 13.1. The van der Waals surface area contributed by atoms with Crippen molar-refractivity contribution in [3.63, 3.8) is 0 Å². The fourth-order valence-electron chi connectivity index (χ4n) is 1.37. The number of ether oxygens (including phenoxy) is 2. The molecule has 1 N–H and O–H groups in total. The van der Waals surface area contributed by atoms with Gasteiger partial charge in [0.2, 0.25) is 17.6 Å². The zero-order chi connectivity index (χ0) is 14.0. The highest BCUT2D eigenvalue weighted by atomic mass is 19.4. The van der Waals surface area contributed by atoms with Crippen molar-refractivity contribution in [2.24, 2.45) is 0 Å². The lowest BCUT2D eigenvalue weighted by atomic mass is 10.2. The van der Waals surface area contributed by atoms with E-state index in [0.29, 0.717) is 0 Å². The molecule has 0 aliphatic carbocycles. The van der Waals surface area contributed by atoms with Crippen molar-refractivity contribution in [3.8, 4) is 23.1 Å². The largest absolute Gasteiger partial charge is 0.481 e. The zero-order valence-electron chi connectivity index (χ0n) is 9.95. The van der Waals surface area contributed by atoms with Crippen molar-refractivity contribution in [1.29, 1.82) is 0 Å². The van der Waals surface area contributed by atoms with Crippen LogP contribution in [0.5, 0.6) is 11.8 Å². The topological polar surface area (TPSA) is 72.9 Å².